The molecule has 1 amide bonds. The fourth-order valence-corrected chi connectivity index (χ4v) is 4.57. The summed E-state index contributed by atoms with van der Waals surface area (Å²) in [6.45, 7) is 4.92. The second-order valence-corrected chi connectivity index (χ2v) is 9.33. The van der Waals surface area contributed by atoms with Crippen LogP contribution in [0.2, 0.25) is 0 Å². The molecule has 0 radical (unpaired) electrons. The minimum absolute atomic E-state index is 0.0811. The van der Waals surface area contributed by atoms with Crippen molar-refractivity contribution in [3.63, 3.8) is 0 Å². The second kappa shape index (κ2) is 10.7. The van der Waals surface area contributed by atoms with E-state index in [4.69, 9.17) is 14.0 Å². The molecule has 10 nitrogen and oxygen atoms in total. The number of benzene rings is 1. The molecule has 1 aromatic carbocycles. The molecule has 0 bridgehead atoms. The summed E-state index contributed by atoms with van der Waals surface area (Å²) in [4.78, 5) is 25.3. The average molecular weight is 466 g/mol. The highest BCUT2D eigenvalue weighted by Crippen LogP contribution is 2.19. The Bertz CT molecular complexity index is 1030. The number of unbranched alkanes of at least 4 members (excludes halogenated alkanes) is 1. The number of carbonyl (C=O) groups excluding carboxylic acids is 2. The van der Waals surface area contributed by atoms with Gasteiger partial charge in [0, 0.05) is 19.2 Å². The lowest BCUT2D eigenvalue weighted by Gasteiger charge is -2.26. The summed E-state index contributed by atoms with van der Waals surface area (Å²) in [7, 11) is -3.66. The molecule has 11 heteroatoms. The minimum Gasteiger partial charge on any atom is -0.449 e. The summed E-state index contributed by atoms with van der Waals surface area (Å²) in [5.74, 6) is -0.447. The normalized spacial score (nSPS) is 15.8. The largest absolute Gasteiger partial charge is 0.449 e. The highest BCUT2D eigenvalue weighted by Gasteiger charge is 2.27. The molecule has 0 spiro atoms. The molecule has 1 aromatic heterocycles. The first-order valence-electron chi connectivity index (χ1n) is 10.4. The zero-order chi connectivity index (χ0) is 23.1. The lowest BCUT2D eigenvalue weighted by atomic mass is 10.1. The molecular weight excluding hydrogens is 438 g/mol. The van der Waals surface area contributed by atoms with E-state index in [0.29, 0.717) is 31.8 Å². The average Bonchev–Trinajstić information content (AvgIpc) is 3.21. The van der Waals surface area contributed by atoms with E-state index in [9.17, 15) is 18.0 Å². The second-order valence-electron chi connectivity index (χ2n) is 7.39. The number of esters is 1. The lowest BCUT2D eigenvalue weighted by molar-refractivity contribution is -0.125. The summed E-state index contributed by atoms with van der Waals surface area (Å²) in [6.07, 6.45) is 0.823. The summed E-state index contributed by atoms with van der Waals surface area (Å²) >= 11 is 0. The maximum Gasteiger partial charge on any atom is 0.338 e. The Morgan fingerprint density at radius 2 is 1.91 bits per heavy atom. The van der Waals surface area contributed by atoms with Gasteiger partial charge in [-0.2, -0.15) is 4.31 Å². The Hall–Kier alpha value is -2.76. The number of aromatic nitrogens is 1. The zero-order valence-corrected chi connectivity index (χ0v) is 18.9. The zero-order valence-electron chi connectivity index (χ0n) is 18.1. The van der Waals surface area contributed by atoms with Crippen LogP contribution < -0.4 is 5.32 Å². The van der Waals surface area contributed by atoms with Gasteiger partial charge in [-0.05, 0) is 44.0 Å². The maximum absolute atomic E-state index is 12.7. The number of carbonyl (C=O) groups is 2. The fourth-order valence-electron chi connectivity index (χ4n) is 3.16. The van der Waals surface area contributed by atoms with Gasteiger partial charge in [0.15, 0.2) is 11.9 Å². The van der Waals surface area contributed by atoms with Crippen LogP contribution in [-0.4, -0.2) is 62.2 Å². The monoisotopic (exact) mass is 465 g/mol. The molecule has 1 N–H and O–H groups in total. The number of sulfonamides is 1. The van der Waals surface area contributed by atoms with Gasteiger partial charge in [-0.3, -0.25) is 4.79 Å². The van der Waals surface area contributed by atoms with E-state index in [1.54, 1.807) is 13.0 Å². The molecule has 3 rings (SSSR count). The van der Waals surface area contributed by atoms with Crippen LogP contribution in [0.3, 0.4) is 0 Å². The number of amides is 1. The number of morpholine rings is 1. The van der Waals surface area contributed by atoms with E-state index < -0.39 is 28.0 Å². The van der Waals surface area contributed by atoms with E-state index in [1.165, 1.54) is 28.6 Å². The summed E-state index contributed by atoms with van der Waals surface area (Å²) in [6, 6.07) is 7.04. The SMILES string of the molecule is CCCCC(OC(=O)c1ccc(S(=O)(=O)N2CCOCC2)cc1)C(=O)Nc1cc(C)on1. The van der Waals surface area contributed by atoms with Gasteiger partial charge in [-0.25, -0.2) is 13.2 Å². The van der Waals surface area contributed by atoms with Gasteiger partial charge < -0.3 is 19.3 Å². The van der Waals surface area contributed by atoms with Gasteiger partial charge in [0.1, 0.15) is 5.76 Å². The Morgan fingerprint density at radius 3 is 2.50 bits per heavy atom. The van der Waals surface area contributed by atoms with Gasteiger partial charge in [-0.15, -0.1) is 0 Å². The van der Waals surface area contributed by atoms with Gasteiger partial charge >= 0.3 is 5.97 Å². The molecule has 2 aromatic rings. The van der Waals surface area contributed by atoms with Crippen LogP contribution in [0.1, 0.15) is 42.3 Å². The molecule has 174 valence electrons. The van der Waals surface area contributed by atoms with Crippen LogP contribution in [0, 0.1) is 6.92 Å². The smallest absolute Gasteiger partial charge is 0.338 e. The third kappa shape index (κ3) is 5.93. The quantitative estimate of drug-likeness (QED) is 0.559. The highest BCUT2D eigenvalue weighted by atomic mass is 32.2. The molecule has 1 atom stereocenters. The van der Waals surface area contributed by atoms with Crippen LogP contribution in [0.25, 0.3) is 0 Å². The third-order valence-electron chi connectivity index (χ3n) is 4.94. The molecule has 32 heavy (non-hydrogen) atoms. The fraction of sp³-hybridized carbons (Fsp3) is 0.476. The number of nitrogens with one attached hydrogen (secondary N) is 1. The van der Waals surface area contributed by atoms with Gasteiger partial charge in [-0.1, -0.05) is 18.5 Å². The Labute approximate surface area is 186 Å². The first-order chi connectivity index (χ1) is 15.3. The number of hydrogen-bond donors (Lipinski definition) is 1. The van der Waals surface area contributed by atoms with Crippen molar-refractivity contribution in [2.75, 3.05) is 31.6 Å². The van der Waals surface area contributed by atoms with E-state index in [1.807, 2.05) is 6.92 Å². The van der Waals surface area contributed by atoms with Gasteiger partial charge in [0.25, 0.3) is 5.91 Å². The third-order valence-corrected chi connectivity index (χ3v) is 6.85. The number of anilines is 1. The number of aryl methyl sites for hydroxylation is 1. The van der Waals surface area contributed by atoms with E-state index >= 15 is 0 Å². The van der Waals surface area contributed by atoms with Crippen LogP contribution in [-0.2, 0) is 24.3 Å². The van der Waals surface area contributed by atoms with Crippen LogP contribution in [0.4, 0.5) is 5.82 Å². The van der Waals surface area contributed by atoms with Crippen LogP contribution in [0.5, 0.6) is 0 Å². The first kappa shape index (κ1) is 23.9. The van der Waals surface area contributed by atoms with E-state index in [2.05, 4.69) is 10.5 Å². The Morgan fingerprint density at radius 1 is 1.22 bits per heavy atom. The maximum atomic E-state index is 12.7. The van der Waals surface area contributed by atoms with E-state index in [-0.39, 0.29) is 29.4 Å². The number of rotatable bonds is 9. The van der Waals surface area contributed by atoms with Crippen molar-refractivity contribution >= 4 is 27.7 Å². The van der Waals surface area contributed by atoms with Crippen molar-refractivity contribution in [2.24, 2.45) is 0 Å². The topological polar surface area (TPSA) is 128 Å². The molecule has 1 saturated heterocycles. The number of ether oxygens (including phenoxy) is 2. The van der Waals surface area contributed by atoms with Crippen molar-refractivity contribution in [1.82, 2.24) is 9.46 Å². The first-order valence-corrected chi connectivity index (χ1v) is 11.9. The molecule has 1 unspecified atom stereocenters. The Kier molecular flexibility index (Phi) is 7.99. The highest BCUT2D eigenvalue weighted by molar-refractivity contribution is 7.89. The van der Waals surface area contributed by atoms with Crippen LogP contribution >= 0.6 is 0 Å². The number of nitrogens with zero attached hydrogens (tertiary/aromatic N) is 2. The standard InChI is InChI=1S/C21H27N3O7S/c1-3-4-5-18(20(25)22-19-14-15(2)31-23-19)30-21(26)16-6-8-17(9-7-16)32(27,28)24-10-12-29-13-11-24/h6-9,14,18H,3-5,10-13H2,1-2H3,(H,22,23,25). The van der Waals surface area contributed by atoms with Crippen LogP contribution in [0.15, 0.2) is 39.8 Å². The molecule has 0 saturated carbocycles. The van der Waals surface area contributed by atoms with Crippen molar-refractivity contribution in [2.45, 2.75) is 44.1 Å². The number of hydrogen-bond acceptors (Lipinski definition) is 8. The van der Waals surface area contributed by atoms with Crippen molar-refractivity contribution < 1.29 is 32.0 Å². The van der Waals surface area contributed by atoms with Crippen molar-refractivity contribution in [3.8, 4) is 0 Å². The van der Waals surface area contributed by atoms with E-state index in [0.717, 1.165) is 6.42 Å². The Balaban J connectivity index is 1.68. The molecule has 1 aliphatic heterocycles. The molecule has 1 fully saturated rings. The summed E-state index contributed by atoms with van der Waals surface area (Å²) < 4.78 is 42.3. The molecule has 2 heterocycles. The summed E-state index contributed by atoms with van der Waals surface area (Å²) in [5, 5.41) is 6.29. The predicted molar refractivity (Wildman–Crippen MR) is 115 cm³/mol. The van der Waals surface area contributed by atoms with Crippen molar-refractivity contribution in [1.29, 1.82) is 0 Å². The van der Waals surface area contributed by atoms with Gasteiger partial charge in [0.05, 0.1) is 23.7 Å². The molecular formula is C21H27N3O7S. The minimum atomic E-state index is -3.66. The summed E-state index contributed by atoms with van der Waals surface area (Å²) in [5.41, 5.74) is 0.150. The van der Waals surface area contributed by atoms with Gasteiger partial charge in [0.2, 0.25) is 10.0 Å². The van der Waals surface area contributed by atoms with Crippen molar-refractivity contribution in [3.05, 3.63) is 41.7 Å². The lowest BCUT2D eigenvalue weighted by Crippen LogP contribution is -2.40. The predicted octanol–water partition coefficient (Wildman–Crippen LogP) is 2.36. The molecule has 1 aliphatic rings. The molecule has 0 aliphatic carbocycles.